The Bertz CT molecular complexity index is 734. The molecule has 6 nitrogen and oxygen atoms in total. The summed E-state index contributed by atoms with van der Waals surface area (Å²) in [4.78, 5) is 7.03. The van der Waals surface area contributed by atoms with Crippen LogP contribution in [0.1, 0.15) is 26.2 Å². The van der Waals surface area contributed by atoms with Crippen LogP contribution in [0.5, 0.6) is 0 Å². The highest BCUT2D eigenvalue weighted by molar-refractivity contribution is 14.0. The highest BCUT2D eigenvalue weighted by Crippen LogP contribution is 2.38. The minimum absolute atomic E-state index is 0. The fourth-order valence-corrected chi connectivity index (χ4v) is 5.43. The Labute approximate surface area is 179 Å². The van der Waals surface area contributed by atoms with Gasteiger partial charge in [-0.25, -0.2) is 8.42 Å². The summed E-state index contributed by atoms with van der Waals surface area (Å²) in [5.74, 6) is 0.859. The highest BCUT2D eigenvalue weighted by Gasteiger charge is 2.42. The molecule has 27 heavy (non-hydrogen) atoms. The Morgan fingerprint density at radius 3 is 2.67 bits per heavy atom. The monoisotopic (exact) mass is 507 g/mol. The van der Waals surface area contributed by atoms with Crippen LogP contribution >= 0.6 is 24.0 Å². The van der Waals surface area contributed by atoms with Crippen molar-refractivity contribution in [2.75, 3.05) is 39.1 Å². The van der Waals surface area contributed by atoms with Crippen LogP contribution in [0, 0.1) is 5.41 Å². The zero-order valence-corrected chi connectivity index (χ0v) is 19.2. The van der Waals surface area contributed by atoms with E-state index in [0.29, 0.717) is 11.3 Å². The van der Waals surface area contributed by atoms with Gasteiger partial charge in [0, 0.05) is 38.2 Å². The second-order valence-corrected chi connectivity index (χ2v) is 9.40. The Balaban J connectivity index is 0.00000261. The molecular weight excluding hydrogens is 477 g/mol. The fraction of sp³-hybridized carbons (Fsp3) is 0.632. The van der Waals surface area contributed by atoms with E-state index in [-0.39, 0.29) is 41.2 Å². The normalized spacial score (nSPS) is 24.1. The first-order valence-corrected chi connectivity index (χ1v) is 11.0. The molecule has 8 heteroatoms. The van der Waals surface area contributed by atoms with Gasteiger partial charge in [-0.2, -0.15) is 0 Å². The van der Waals surface area contributed by atoms with Crippen molar-refractivity contribution >= 4 is 39.8 Å². The summed E-state index contributed by atoms with van der Waals surface area (Å²) in [6, 6.07) is 8.48. The molecule has 0 saturated carbocycles. The largest absolute Gasteiger partial charge is 0.381 e. The molecule has 1 aromatic rings. The maximum Gasteiger partial charge on any atom is 0.193 e. The highest BCUT2D eigenvalue weighted by atomic mass is 127. The van der Waals surface area contributed by atoms with Crippen LogP contribution in [0.2, 0.25) is 0 Å². The van der Waals surface area contributed by atoms with Crippen molar-refractivity contribution in [3.8, 4) is 0 Å². The van der Waals surface area contributed by atoms with Crippen LogP contribution < -0.4 is 5.32 Å². The van der Waals surface area contributed by atoms with E-state index in [1.54, 1.807) is 31.3 Å². The van der Waals surface area contributed by atoms with Crippen molar-refractivity contribution in [2.24, 2.45) is 10.4 Å². The summed E-state index contributed by atoms with van der Waals surface area (Å²) < 4.78 is 31.0. The summed E-state index contributed by atoms with van der Waals surface area (Å²) in [5, 5.41) is 3.38. The van der Waals surface area contributed by atoms with Gasteiger partial charge in [-0.15, -0.1) is 24.0 Å². The first-order chi connectivity index (χ1) is 12.5. The van der Waals surface area contributed by atoms with E-state index in [0.717, 1.165) is 45.1 Å². The number of benzene rings is 1. The molecule has 2 aliphatic heterocycles. The standard InChI is InChI=1S/C19H29N3O3S.HI/c1-3-16(13-26(23,24)17-7-5-4-6-8-17)21-18(20-2)22-11-9-19(14-22)10-12-25-15-19;/h4-8,16H,3,9-15H2,1-2H3,(H,20,21);1H. The van der Waals surface area contributed by atoms with E-state index < -0.39 is 9.84 Å². The molecule has 0 aromatic heterocycles. The number of rotatable bonds is 5. The molecule has 1 N–H and O–H groups in total. The number of likely N-dealkylation sites (tertiary alicyclic amines) is 1. The molecule has 2 heterocycles. The lowest BCUT2D eigenvalue weighted by molar-refractivity contribution is 0.156. The van der Waals surface area contributed by atoms with Gasteiger partial charge in [-0.3, -0.25) is 4.99 Å². The number of hydrogen-bond donors (Lipinski definition) is 1. The number of sulfone groups is 1. The van der Waals surface area contributed by atoms with Crippen LogP contribution in [0.15, 0.2) is 40.2 Å². The number of halogens is 1. The van der Waals surface area contributed by atoms with Crippen molar-refractivity contribution in [2.45, 2.75) is 37.1 Å². The Morgan fingerprint density at radius 2 is 2.07 bits per heavy atom. The first-order valence-electron chi connectivity index (χ1n) is 9.32. The molecule has 3 rings (SSSR count). The number of hydrogen-bond acceptors (Lipinski definition) is 4. The van der Waals surface area contributed by atoms with Gasteiger partial charge in [0.25, 0.3) is 0 Å². The minimum Gasteiger partial charge on any atom is -0.381 e. The molecule has 0 aliphatic carbocycles. The zero-order valence-electron chi connectivity index (χ0n) is 16.1. The van der Waals surface area contributed by atoms with Gasteiger partial charge in [-0.1, -0.05) is 25.1 Å². The molecule has 0 radical (unpaired) electrons. The van der Waals surface area contributed by atoms with Crippen molar-refractivity contribution in [1.82, 2.24) is 10.2 Å². The topological polar surface area (TPSA) is 71.0 Å². The van der Waals surface area contributed by atoms with Crippen LogP contribution in [-0.4, -0.2) is 64.4 Å². The summed E-state index contributed by atoms with van der Waals surface area (Å²) in [7, 11) is -1.57. The van der Waals surface area contributed by atoms with Crippen LogP contribution in [-0.2, 0) is 14.6 Å². The minimum atomic E-state index is -3.33. The van der Waals surface area contributed by atoms with Gasteiger partial charge in [0.05, 0.1) is 17.3 Å². The SMILES string of the molecule is CCC(CS(=O)(=O)c1ccccc1)NC(=NC)N1CCC2(CCOC2)C1.I. The third-order valence-corrected chi connectivity index (χ3v) is 7.32. The lowest BCUT2D eigenvalue weighted by Gasteiger charge is -2.28. The third kappa shape index (κ3) is 5.35. The molecule has 1 spiro atoms. The van der Waals surface area contributed by atoms with Gasteiger partial charge in [0.2, 0.25) is 0 Å². The van der Waals surface area contributed by atoms with E-state index >= 15 is 0 Å². The quantitative estimate of drug-likeness (QED) is 0.377. The van der Waals surface area contributed by atoms with E-state index in [4.69, 9.17) is 4.74 Å². The molecule has 2 atom stereocenters. The number of ether oxygens (including phenoxy) is 1. The van der Waals surface area contributed by atoms with Gasteiger partial charge < -0.3 is 15.0 Å². The van der Waals surface area contributed by atoms with E-state index in [1.165, 1.54) is 0 Å². The van der Waals surface area contributed by atoms with Gasteiger partial charge >= 0.3 is 0 Å². The maximum absolute atomic E-state index is 12.7. The number of guanidine groups is 1. The van der Waals surface area contributed by atoms with Crippen LogP contribution in [0.4, 0.5) is 0 Å². The van der Waals surface area contributed by atoms with Gasteiger partial charge in [0.15, 0.2) is 15.8 Å². The predicted molar refractivity (Wildman–Crippen MR) is 119 cm³/mol. The fourth-order valence-electron chi connectivity index (χ4n) is 3.82. The van der Waals surface area contributed by atoms with E-state index in [2.05, 4.69) is 15.2 Å². The maximum atomic E-state index is 12.7. The summed E-state index contributed by atoms with van der Waals surface area (Å²) >= 11 is 0. The average Bonchev–Trinajstić information content (AvgIpc) is 3.29. The van der Waals surface area contributed by atoms with Crippen molar-refractivity contribution in [3.05, 3.63) is 30.3 Å². The Hall–Kier alpha value is -0.870. The third-order valence-electron chi connectivity index (χ3n) is 5.48. The molecule has 0 bridgehead atoms. The Kier molecular flexibility index (Phi) is 7.94. The summed E-state index contributed by atoms with van der Waals surface area (Å²) in [6.45, 7) is 5.52. The van der Waals surface area contributed by atoms with Crippen molar-refractivity contribution < 1.29 is 13.2 Å². The molecule has 152 valence electrons. The molecule has 2 saturated heterocycles. The lowest BCUT2D eigenvalue weighted by atomic mass is 9.87. The number of nitrogens with zero attached hydrogens (tertiary/aromatic N) is 2. The van der Waals surface area contributed by atoms with E-state index in [1.807, 2.05) is 13.0 Å². The van der Waals surface area contributed by atoms with Crippen LogP contribution in [0.25, 0.3) is 0 Å². The smallest absolute Gasteiger partial charge is 0.193 e. The molecule has 1 aromatic carbocycles. The van der Waals surface area contributed by atoms with Crippen molar-refractivity contribution in [3.63, 3.8) is 0 Å². The second-order valence-electron chi connectivity index (χ2n) is 7.37. The molecular formula is C19H30IN3O3S. The predicted octanol–water partition coefficient (Wildman–Crippen LogP) is 2.54. The second kappa shape index (κ2) is 9.56. The summed E-state index contributed by atoms with van der Waals surface area (Å²) in [5.41, 5.74) is 0.245. The Morgan fingerprint density at radius 1 is 1.33 bits per heavy atom. The molecule has 2 aliphatic rings. The lowest BCUT2D eigenvalue weighted by Crippen LogP contribution is -2.48. The number of nitrogens with one attached hydrogen (secondary N) is 1. The number of aliphatic imine (C=N–C) groups is 1. The van der Waals surface area contributed by atoms with Crippen molar-refractivity contribution in [1.29, 1.82) is 0 Å². The van der Waals surface area contributed by atoms with E-state index in [9.17, 15) is 8.42 Å². The zero-order chi connectivity index (χ0) is 18.6. The first kappa shape index (κ1) is 22.4. The van der Waals surface area contributed by atoms with Gasteiger partial charge in [-0.05, 0) is 31.4 Å². The summed E-state index contributed by atoms with van der Waals surface area (Å²) in [6.07, 6.45) is 2.92. The average molecular weight is 507 g/mol. The van der Waals surface area contributed by atoms with Gasteiger partial charge in [0.1, 0.15) is 0 Å². The molecule has 2 fully saturated rings. The van der Waals surface area contributed by atoms with Crippen LogP contribution in [0.3, 0.4) is 0 Å². The molecule has 0 amide bonds. The molecule has 2 unspecified atom stereocenters.